The van der Waals surface area contributed by atoms with E-state index in [0.29, 0.717) is 11.6 Å². The van der Waals surface area contributed by atoms with Crippen molar-refractivity contribution >= 4 is 21.6 Å². The summed E-state index contributed by atoms with van der Waals surface area (Å²) >= 11 is 6.13. The van der Waals surface area contributed by atoms with Gasteiger partial charge in [0, 0.05) is 17.6 Å². The molecule has 6 heteroatoms. The van der Waals surface area contributed by atoms with E-state index in [-0.39, 0.29) is 16.4 Å². The first kappa shape index (κ1) is 16.7. The van der Waals surface area contributed by atoms with Crippen molar-refractivity contribution in [3.8, 4) is 0 Å². The quantitative estimate of drug-likeness (QED) is 0.756. The fourth-order valence-electron chi connectivity index (χ4n) is 2.18. The maximum absolute atomic E-state index is 12.4. The van der Waals surface area contributed by atoms with E-state index < -0.39 is 10.0 Å². The van der Waals surface area contributed by atoms with Crippen molar-refractivity contribution in [1.82, 2.24) is 10.0 Å². The van der Waals surface area contributed by atoms with E-state index in [1.54, 1.807) is 18.2 Å². The SMILES string of the molecule is CCCNCc1cc(S(=O)(=O)NC2CC2(C)C)ccc1Cl. The monoisotopic (exact) mass is 330 g/mol. The molecule has 4 nitrogen and oxygen atoms in total. The number of hydrogen-bond donors (Lipinski definition) is 2. The minimum absolute atomic E-state index is 0.0276. The van der Waals surface area contributed by atoms with Crippen LogP contribution in [0.2, 0.25) is 5.02 Å². The smallest absolute Gasteiger partial charge is 0.240 e. The fourth-order valence-corrected chi connectivity index (χ4v) is 3.82. The molecule has 1 aromatic rings. The Morgan fingerprint density at radius 1 is 1.38 bits per heavy atom. The summed E-state index contributed by atoms with van der Waals surface area (Å²) < 4.78 is 27.5. The van der Waals surface area contributed by atoms with Crippen molar-refractivity contribution in [2.75, 3.05) is 6.54 Å². The average Bonchev–Trinajstić information content (AvgIpc) is 2.97. The van der Waals surface area contributed by atoms with E-state index >= 15 is 0 Å². The predicted octanol–water partition coefficient (Wildman–Crippen LogP) is 2.92. The average molecular weight is 331 g/mol. The molecule has 0 aliphatic heterocycles. The number of sulfonamides is 1. The highest BCUT2D eigenvalue weighted by molar-refractivity contribution is 7.89. The molecule has 0 amide bonds. The Labute approximate surface area is 132 Å². The molecule has 1 aromatic carbocycles. The van der Waals surface area contributed by atoms with Gasteiger partial charge < -0.3 is 5.32 Å². The summed E-state index contributed by atoms with van der Waals surface area (Å²) in [6.45, 7) is 7.65. The van der Waals surface area contributed by atoms with Crippen molar-refractivity contribution in [1.29, 1.82) is 0 Å². The zero-order valence-electron chi connectivity index (χ0n) is 12.7. The van der Waals surface area contributed by atoms with E-state index in [2.05, 4.69) is 30.8 Å². The topological polar surface area (TPSA) is 58.2 Å². The molecule has 118 valence electrons. The molecular formula is C15H23ClN2O2S. The van der Waals surface area contributed by atoms with Crippen molar-refractivity contribution < 1.29 is 8.42 Å². The number of halogens is 1. The third-order valence-electron chi connectivity index (χ3n) is 3.88. The third kappa shape index (κ3) is 4.19. The molecule has 0 bridgehead atoms. The normalized spacial score (nSPS) is 20.5. The summed E-state index contributed by atoms with van der Waals surface area (Å²) in [6, 6.07) is 4.89. The van der Waals surface area contributed by atoms with Crippen LogP contribution < -0.4 is 10.0 Å². The second-order valence-electron chi connectivity index (χ2n) is 6.30. The molecule has 0 heterocycles. The minimum Gasteiger partial charge on any atom is -0.313 e. The first-order chi connectivity index (χ1) is 9.76. The lowest BCUT2D eigenvalue weighted by molar-refractivity contribution is 0.554. The van der Waals surface area contributed by atoms with Gasteiger partial charge in [-0.3, -0.25) is 0 Å². The van der Waals surface area contributed by atoms with Gasteiger partial charge in [0.15, 0.2) is 0 Å². The Morgan fingerprint density at radius 2 is 2.05 bits per heavy atom. The number of nitrogens with one attached hydrogen (secondary N) is 2. The summed E-state index contributed by atoms with van der Waals surface area (Å²) in [4.78, 5) is 0.280. The first-order valence-corrected chi connectivity index (χ1v) is 9.14. The van der Waals surface area contributed by atoms with E-state index in [1.165, 1.54) is 0 Å². The molecule has 1 fully saturated rings. The summed E-state index contributed by atoms with van der Waals surface area (Å²) in [5.41, 5.74) is 0.869. The lowest BCUT2D eigenvalue weighted by Crippen LogP contribution is -2.28. The molecule has 1 aliphatic carbocycles. The van der Waals surface area contributed by atoms with Crippen molar-refractivity contribution in [3.63, 3.8) is 0 Å². The van der Waals surface area contributed by atoms with Crippen LogP contribution in [-0.4, -0.2) is 21.0 Å². The Kier molecular flexibility index (Phi) is 4.98. The number of hydrogen-bond acceptors (Lipinski definition) is 3. The maximum atomic E-state index is 12.4. The van der Waals surface area contributed by atoms with Gasteiger partial charge in [0.05, 0.1) is 4.90 Å². The van der Waals surface area contributed by atoms with Gasteiger partial charge in [0.25, 0.3) is 0 Å². The maximum Gasteiger partial charge on any atom is 0.240 e. The van der Waals surface area contributed by atoms with Crippen LogP contribution in [-0.2, 0) is 16.6 Å². The Morgan fingerprint density at radius 3 is 2.62 bits per heavy atom. The van der Waals surface area contributed by atoms with Gasteiger partial charge >= 0.3 is 0 Å². The van der Waals surface area contributed by atoms with Crippen molar-refractivity contribution in [2.24, 2.45) is 5.41 Å². The van der Waals surface area contributed by atoms with E-state index in [4.69, 9.17) is 11.6 Å². The molecule has 2 rings (SSSR count). The summed E-state index contributed by atoms with van der Waals surface area (Å²) in [5.74, 6) is 0. The lowest BCUT2D eigenvalue weighted by atomic mass is 10.2. The second-order valence-corrected chi connectivity index (χ2v) is 8.42. The highest BCUT2D eigenvalue weighted by Gasteiger charge is 2.47. The van der Waals surface area contributed by atoms with Gasteiger partial charge in [-0.25, -0.2) is 13.1 Å². The van der Waals surface area contributed by atoms with Crippen LogP contribution >= 0.6 is 11.6 Å². The van der Waals surface area contributed by atoms with Crippen LogP contribution in [0.5, 0.6) is 0 Å². The molecule has 1 aliphatic rings. The van der Waals surface area contributed by atoms with Crippen LogP contribution in [0.15, 0.2) is 23.1 Å². The van der Waals surface area contributed by atoms with Gasteiger partial charge in [-0.2, -0.15) is 0 Å². The molecule has 0 saturated heterocycles. The summed E-state index contributed by atoms with van der Waals surface area (Å²) in [5, 5.41) is 3.82. The van der Waals surface area contributed by atoms with Crippen LogP contribution in [0.1, 0.15) is 39.2 Å². The fraction of sp³-hybridized carbons (Fsp3) is 0.600. The molecular weight excluding hydrogens is 308 g/mol. The molecule has 2 N–H and O–H groups in total. The second kappa shape index (κ2) is 6.24. The number of benzene rings is 1. The van der Waals surface area contributed by atoms with Crippen LogP contribution in [0.4, 0.5) is 0 Å². The molecule has 0 spiro atoms. The summed E-state index contributed by atoms with van der Waals surface area (Å²) in [7, 11) is -3.47. The van der Waals surface area contributed by atoms with E-state index in [1.807, 2.05) is 0 Å². The Balaban J connectivity index is 2.13. The highest BCUT2D eigenvalue weighted by Crippen LogP contribution is 2.45. The standard InChI is InChI=1S/C15H23ClN2O2S/c1-4-7-17-10-11-8-12(5-6-13(11)16)21(19,20)18-14-9-15(14,2)3/h5-6,8,14,17-18H,4,7,9-10H2,1-3H3. The van der Waals surface area contributed by atoms with Gasteiger partial charge in [-0.15, -0.1) is 0 Å². The van der Waals surface area contributed by atoms with Gasteiger partial charge in [0.2, 0.25) is 10.0 Å². The van der Waals surface area contributed by atoms with Crippen LogP contribution in [0, 0.1) is 5.41 Å². The Bertz CT molecular complexity index is 614. The van der Waals surface area contributed by atoms with Crippen LogP contribution in [0.25, 0.3) is 0 Å². The largest absolute Gasteiger partial charge is 0.313 e. The summed E-state index contributed by atoms with van der Waals surface area (Å²) in [6.07, 6.45) is 1.90. The zero-order valence-corrected chi connectivity index (χ0v) is 14.3. The van der Waals surface area contributed by atoms with E-state index in [9.17, 15) is 8.42 Å². The van der Waals surface area contributed by atoms with Crippen molar-refractivity contribution in [3.05, 3.63) is 28.8 Å². The Hall–Kier alpha value is -0.620. The molecule has 1 atom stereocenters. The van der Waals surface area contributed by atoms with Gasteiger partial charge in [-0.05, 0) is 48.6 Å². The first-order valence-electron chi connectivity index (χ1n) is 7.28. The van der Waals surface area contributed by atoms with Crippen molar-refractivity contribution in [2.45, 2.75) is 51.1 Å². The predicted molar refractivity (Wildman–Crippen MR) is 86.0 cm³/mol. The lowest BCUT2D eigenvalue weighted by Gasteiger charge is -2.11. The number of rotatable bonds is 7. The van der Waals surface area contributed by atoms with Gasteiger partial charge in [-0.1, -0.05) is 32.4 Å². The molecule has 21 heavy (non-hydrogen) atoms. The molecule has 0 aromatic heterocycles. The van der Waals surface area contributed by atoms with Gasteiger partial charge in [0.1, 0.15) is 0 Å². The molecule has 1 unspecified atom stereocenters. The zero-order chi connectivity index (χ0) is 15.7. The molecule has 0 radical (unpaired) electrons. The van der Waals surface area contributed by atoms with E-state index in [0.717, 1.165) is 24.9 Å². The molecule has 1 saturated carbocycles. The highest BCUT2D eigenvalue weighted by atomic mass is 35.5. The minimum atomic E-state index is -3.47. The third-order valence-corrected chi connectivity index (χ3v) is 5.72. The van der Waals surface area contributed by atoms with Crippen LogP contribution in [0.3, 0.4) is 0 Å².